The van der Waals surface area contributed by atoms with Gasteiger partial charge < -0.3 is 5.73 Å². The van der Waals surface area contributed by atoms with Crippen LogP contribution in [0, 0.1) is 0 Å². The second kappa shape index (κ2) is 2.83. The Morgan fingerprint density at radius 3 is 2.93 bits per heavy atom. The molecule has 1 aromatic rings. The summed E-state index contributed by atoms with van der Waals surface area (Å²) in [4.78, 5) is 0. The van der Waals surface area contributed by atoms with E-state index in [0.29, 0.717) is 18.1 Å². The largest absolute Gasteiger partial charge is 0.418 e. The average molecular weight is 220 g/mol. The van der Waals surface area contributed by atoms with E-state index in [1.54, 1.807) is 0 Å². The van der Waals surface area contributed by atoms with E-state index < -0.39 is 10.4 Å². The minimum atomic E-state index is -4.52. The summed E-state index contributed by atoms with van der Waals surface area (Å²) in [6, 6.07) is 0. The first-order valence-corrected chi connectivity index (χ1v) is 5.10. The van der Waals surface area contributed by atoms with Crippen molar-refractivity contribution in [3.05, 3.63) is 6.20 Å². The lowest BCUT2D eigenvalue weighted by Crippen LogP contribution is -2.25. The highest BCUT2D eigenvalue weighted by molar-refractivity contribution is 7.80. The van der Waals surface area contributed by atoms with E-state index in [0.717, 1.165) is 5.06 Å². The minimum absolute atomic E-state index is 0.271. The molecule has 0 radical (unpaired) electrons. The maximum Gasteiger partial charge on any atom is 0.418 e. The van der Waals surface area contributed by atoms with Crippen molar-refractivity contribution < 1.29 is 17.3 Å². The smallest absolute Gasteiger partial charge is 0.394 e. The maximum absolute atomic E-state index is 10.5. The number of nitrogen functional groups attached to an aromatic ring is 1. The highest BCUT2D eigenvalue weighted by Gasteiger charge is 2.27. The second-order valence-corrected chi connectivity index (χ2v) is 3.76. The first-order chi connectivity index (χ1) is 6.47. The number of anilines is 2. The van der Waals surface area contributed by atoms with Crippen LogP contribution in [-0.4, -0.2) is 29.3 Å². The summed E-state index contributed by atoms with van der Waals surface area (Å²) < 4.78 is 35.1. The van der Waals surface area contributed by atoms with E-state index in [9.17, 15) is 8.42 Å². The van der Waals surface area contributed by atoms with Gasteiger partial charge in [0.15, 0.2) is 5.82 Å². The highest BCUT2D eigenvalue weighted by Crippen LogP contribution is 2.27. The van der Waals surface area contributed by atoms with Crippen molar-refractivity contribution in [2.45, 2.75) is 6.54 Å². The lowest BCUT2D eigenvalue weighted by molar-refractivity contribution is 0.249. The normalized spacial score (nSPS) is 15.9. The molecule has 0 aliphatic carbocycles. The van der Waals surface area contributed by atoms with E-state index in [1.807, 2.05) is 0 Å². The van der Waals surface area contributed by atoms with E-state index in [2.05, 4.69) is 9.38 Å². The fraction of sp³-hybridized carbons (Fsp3) is 0.400. The Balaban J connectivity index is 2.30. The molecule has 3 N–H and O–H groups in total. The summed E-state index contributed by atoms with van der Waals surface area (Å²) in [6.45, 7) is 0.731. The van der Waals surface area contributed by atoms with Gasteiger partial charge in [0, 0.05) is 0 Å². The molecule has 14 heavy (non-hydrogen) atoms. The number of rotatable bonds is 2. The molecule has 1 aromatic heterocycles. The number of hydrogen-bond donors (Lipinski definition) is 2. The zero-order valence-electron chi connectivity index (χ0n) is 6.99. The molecule has 78 valence electrons. The Morgan fingerprint density at radius 2 is 2.29 bits per heavy atom. The Bertz CT molecular complexity index is 452. The lowest BCUT2D eigenvalue weighted by atomic mass is 10.5. The van der Waals surface area contributed by atoms with Crippen molar-refractivity contribution >= 4 is 21.9 Å². The zero-order chi connectivity index (χ0) is 10.3. The number of hydroxylamine groups is 1. The first-order valence-electron chi connectivity index (χ1n) is 3.73. The summed E-state index contributed by atoms with van der Waals surface area (Å²) in [5.74, 6) is 0.336. The fourth-order valence-corrected chi connectivity index (χ4v) is 1.68. The molecule has 0 aromatic carbocycles. The molecule has 9 heteroatoms. The predicted octanol–water partition coefficient (Wildman–Crippen LogP) is -0.980. The van der Waals surface area contributed by atoms with Crippen molar-refractivity contribution in [2.75, 3.05) is 17.3 Å². The molecule has 2 rings (SSSR count). The average Bonchev–Trinajstić information content (AvgIpc) is 2.54. The fourth-order valence-electron chi connectivity index (χ4n) is 1.31. The third kappa shape index (κ3) is 1.52. The first kappa shape index (κ1) is 9.24. The predicted molar refractivity (Wildman–Crippen MR) is 46.6 cm³/mol. The summed E-state index contributed by atoms with van der Waals surface area (Å²) in [5, 5.41) is 4.85. The van der Waals surface area contributed by atoms with E-state index in [-0.39, 0.29) is 6.54 Å². The Hall–Kier alpha value is -1.32. The maximum atomic E-state index is 10.5. The molecule has 0 spiro atoms. The number of aromatic nitrogens is 2. The van der Waals surface area contributed by atoms with Gasteiger partial charge in [-0.3, -0.25) is 4.55 Å². The molecule has 1 aliphatic heterocycles. The molecule has 1 aliphatic rings. The molecule has 2 heterocycles. The van der Waals surface area contributed by atoms with Crippen LogP contribution in [0.3, 0.4) is 0 Å². The Kier molecular flexibility index (Phi) is 1.87. The highest BCUT2D eigenvalue weighted by atomic mass is 32.3. The van der Waals surface area contributed by atoms with E-state index in [1.165, 1.54) is 10.9 Å². The number of nitrogens with two attached hydrogens (primary N) is 1. The summed E-state index contributed by atoms with van der Waals surface area (Å²) in [6.07, 6.45) is 1.38. The van der Waals surface area contributed by atoms with Gasteiger partial charge in [0.2, 0.25) is 0 Å². The monoisotopic (exact) mass is 220 g/mol. The second-order valence-electron chi connectivity index (χ2n) is 2.75. The van der Waals surface area contributed by atoms with Gasteiger partial charge in [-0.05, 0) is 0 Å². The third-order valence-corrected chi connectivity index (χ3v) is 2.14. The van der Waals surface area contributed by atoms with E-state index in [4.69, 9.17) is 10.3 Å². The molecule has 0 bridgehead atoms. The van der Waals surface area contributed by atoms with Gasteiger partial charge in [-0.1, -0.05) is 0 Å². The van der Waals surface area contributed by atoms with Crippen LogP contribution in [0.2, 0.25) is 0 Å². The standard InChI is InChI=1S/C5H8N4O4S/c6-4-3-7-8-1-2-9(5(4)8)13-14(10,11)12/h3H,1-2,6H2,(H,10,11,12). The molecule has 0 unspecified atom stereocenters. The SMILES string of the molecule is Nc1cnn2c1N(OS(=O)(=O)O)CC2. The van der Waals surface area contributed by atoms with Crippen molar-refractivity contribution in [1.82, 2.24) is 9.78 Å². The van der Waals surface area contributed by atoms with Crippen LogP contribution in [0.25, 0.3) is 0 Å². The quantitative estimate of drug-likeness (QED) is 0.616. The number of hydrogen-bond acceptors (Lipinski definition) is 6. The lowest BCUT2D eigenvalue weighted by Gasteiger charge is -2.13. The number of nitrogens with zero attached hydrogens (tertiary/aromatic N) is 3. The molecule has 0 saturated heterocycles. The molecular formula is C5H8N4O4S. The van der Waals surface area contributed by atoms with Crippen LogP contribution in [0.15, 0.2) is 6.20 Å². The van der Waals surface area contributed by atoms with Crippen LogP contribution < -0.4 is 10.8 Å². The third-order valence-electron chi connectivity index (χ3n) is 1.77. The summed E-state index contributed by atoms with van der Waals surface area (Å²) in [5.41, 5.74) is 5.82. The van der Waals surface area contributed by atoms with Crippen LogP contribution in [0.1, 0.15) is 0 Å². The van der Waals surface area contributed by atoms with E-state index >= 15 is 0 Å². The molecule has 8 nitrogen and oxygen atoms in total. The summed E-state index contributed by atoms with van der Waals surface area (Å²) in [7, 11) is -4.52. The molecule has 0 fully saturated rings. The van der Waals surface area contributed by atoms with Crippen LogP contribution in [0.5, 0.6) is 0 Å². The Labute approximate surface area is 79.8 Å². The van der Waals surface area contributed by atoms with Gasteiger partial charge in [-0.2, -0.15) is 13.5 Å². The van der Waals surface area contributed by atoms with Crippen molar-refractivity contribution in [2.24, 2.45) is 0 Å². The topological polar surface area (TPSA) is 111 Å². The summed E-state index contributed by atoms with van der Waals surface area (Å²) >= 11 is 0. The van der Waals surface area contributed by atoms with Gasteiger partial charge in [0.05, 0.1) is 25.0 Å². The zero-order valence-corrected chi connectivity index (χ0v) is 7.81. The van der Waals surface area contributed by atoms with Gasteiger partial charge in [0.1, 0.15) is 0 Å². The van der Waals surface area contributed by atoms with Gasteiger partial charge in [-0.25, -0.2) is 9.75 Å². The van der Waals surface area contributed by atoms with Crippen molar-refractivity contribution in [3.63, 3.8) is 0 Å². The van der Waals surface area contributed by atoms with Crippen LogP contribution >= 0.6 is 0 Å². The molecular weight excluding hydrogens is 212 g/mol. The molecule has 0 saturated carbocycles. The van der Waals surface area contributed by atoms with Gasteiger partial charge in [-0.15, -0.1) is 4.28 Å². The minimum Gasteiger partial charge on any atom is -0.394 e. The molecule has 0 atom stereocenters. The number of fused-ring (bicyclic) bond motifs is 1. The van der Waals surface area contributed by atoms with Crippen molar-refractivity contribution in [1.29, 1.82) is 0 Å². The van der Waals surface area contributed by atoms with Crippen LogP contribution in [0.4, 0.5) is 11.5 Å². The van der Waals surface area contributed by atoms with Crippen molar-refractivity contribution in [3.8, 4) is 0 Å². The van der Waals surface area contributed by atoms with Gasteiger partial charge in [0.25, 0.3) is 0 Å². The Morgan fingerprint density at radius 1 is 1.57 bits per heavy atom. The molecule has 0 amide bonds. The van der Waals surface area contributed by atoms with Crippen LogP contribution in [-0.2, 0) is 21.2 Å². The van der Waals surface area contributed by atoms with Gasteiger partial charge >= 0.3 is 10.4 Å².